The van der Waals surface area contributed by atoms with E-state index in [4.69, 9.17) is 14.2 Å². The van der Waals surface area contributed by atoms with Gasteiger partial charge in [-0.1, -0.05) is 43.5 Å². The smallest absolute Gasteiger partial charge is 0.247 e. The van der Waals surface area contributed by atoms with Gasteiger partial charge in [-0.3, -0.25) is 9.59 Å². The van der Waals surface area contributed by atoms with Gasteiger partial charge in [0.15, 0.2) is 11.5 Å². The topological polar surface area (TPSA) is 77.1 Å². The second kappa shape index (κ2) is 11.7. The van der Waals surface area contributed by atoms with Crippen molar-refractivity contribution in [3.8, 4) is 17.2 Å². The summed E-state index contributed by atoms with van der Waals surface area (Å²) in [4.78, 5) is 30.4. The third-order valence-corrected chi connectivity index (χ3v) is 7.84. The van der Waals surface area contributed by atoms with Crippen molar-refractivity contribution >= 4 is 23.2 Å². The van der Waals surface area contributed by atoms with Crippen LogP contribution in [0.4, 0.5) is 0 Å². The predicted octanol–water partition coefficient (Wildman–Crippen LogP) is 5.25. The molecule has 194 valence electrons. The number of carbonyl (C=O) groups excluding carboxylic acids is 2. The van der Waals surface area contributed by atoms with Crippen LogP contribution in [0.15, 0.2) is 60.0 Å². The molecule has 1 aromatic heterocycles. The molecule has 1 aliphatic carbocycles. The molecule has 2 aromatic carbocycles. The number of nitrogens with one attached hydrogen (secondary N) is 1. The van der Waals surface area contributed by atoms with Gasteiger partial charge in [0.2, 0.25) is 18.6 Å². The van der Waals surface area contributed by atoms with Crippen molar-refractivity contribution in [3.05, 3.63) is 76.0 Å². The molecule has 0 bridgehead atoms. The lowest BCUT2D eigenvalue weighted by Crippen LogP contribution is -2.47. The highest BCUT2D eigenvalue weighted by Crippen LogP contribution is 2.34. The van der Waals surface area contributed by atoms with Crippen molar-refractivity contribution in [2.45, 2.75) is 57.2 Å². The number of carbonyl (C=O) groups is 2. The molecule has 1 fully saturated rings. The first-order valence-corrected chi connectivity index (χ1v) is 13.6. The average Bonchev–Trinajstić information content (AvgIpc) is 3.61. The van der Waals surface area contributed by atoms with Gasteiger partial charge in [0.1, 0.15) is 11.8 Å². The molecule has 2 heterocycles. The molecule has 5 rings (SSSR count). The summed E-state index contributed by atoms with van der Waals surface area (Å²) < 4.78 is 16.4. The number of methoxy groups -OCH3 is 1. The quantitative estimate of drug-likeness (QED) is 0.417. The lowest BCUT2D eigenvalue weighted by Gasteiger charge is -2.33. The zero-order valence-electron chi connectivity index (χ0n) is 21.0. The van der Waals surface area contributed by atoms with Crippen molar-refractivity contribution < 1.29 is 23.8 Å². The molecular formula is C29H32N2O5S. The monoisotopic (exact) mass is 520 g/mol. The Morgan fingerprint density at radius 1 is 1.05 bits per heavy atom. The predicted molar refractivity (Wildman–Crippen MR) is 142 cm³/mol. The van der Waals surface area contributed by atoms with Gasteiger partial charge in [-0.05, 0) is 59.7 Å². The Bertz CT molecular complexity index is 1210. The molecular weight excluding hydrogens is 488 g/mol. The maximum absolute atomic E-state index is 13.9. The summed E-state index contributed by atoms with van der Waals surface area (Å²) in [7, 11) is 1.61. The molecule has 2 amide bonds. The van der Waals surface area contributed by atoms with E-state index in [1.807, 2.05) is 60.0 Å². The summed E-state index contributed by atoms with van der Waals surface area (Å²) in [5, 5.41) is 5.22. The molecule has 1 N–H and O–H groups in total. The number of fused-ring (bicyclic) bond motifs is 1. The maximum Gasteiger partial charge on any atom is 0.247 e. The third-order valence-electron chi connectivity index (χ3n) is 6.96. The van der Waals surface area contributed by atoms with Gasteiger partial charge in [0, 0.05) is 17.5 Å². The van der Waals surface area contributed by atoms with Crippen molar-refractivity contribution in [2.75, 3.05) is 13.9 Å². The van der Waals surface area contributed by atoms with Crippen molar-refractivity contribution in [1.29, 1.82) is 0 Å². The van der Waals surface area contributed by atoms with E-state index < -0.39 is 6.04 Å². The first-order valence-electron chi connectivity index (χ1n) is 12.8. The molecule has 3 aromatic rings. The third kappa shape index (κ3) is 6.07. The lowest BCUT2D eigenvalue weighted by atomic mass is 9.94. The number of benzene rings is 2. The lowest BCUT2D eigenvalue weighted by molar-refractivity contribution is -0.141. The molecule has 0 radical (unpaired) electrons. The van der Waals surface area contributed by atoms with Crippen LogP contribution in [-0.2, 0) is 22.6 Å². The molecule has 0 saturated heterocycles. The molecule has 8 heteroatoms. The zero-order chi connectivity index (χ0) is 25.6. The molecule has 0 unspecified atom stereocenters. The highest BCUT2D eigenvalue weighted by Gasteiger charge is 2.33. The largest absolute Gasteiger partial charge is 0.497 e. The van der Waals surface area contributed by atoms with Crippen molar-refractivity contribution in [2.24, 2.45) is 0 Å². The van der Waals surface area contributed by atoms with Crippen LogP contribution in [0.2, 0.25) is 0 Å². The van der Waals surface area contributed by atoms with Gasteiger partial charge in [-0.15, -0.1) is 11.3 Å². The van der Waals surface area contributed by atoms with E-state index >= 15 is 0 Å². The van der Waals surface area contributed by atoms with E-state index in [0.717, 1.165) is 41.7 Å². The average molecular weight is 521 g/mol. The van der Waals surface area contributed by atoms with E-state index in [1.54, 1.807) is 12.0 Å². The second-order valence-corrected chi connectivity index (χ2v) is 10.5. The summed E-state index contributed by atoms with van der Waals surface area (Å²) in [5.74, 6) is 1.76. The number of nitrogens with zero attached hydrogens (tertiary/aromatic N) is 1. The maximum atomic E-state index is 13.9. The van der Waals surface area contributed by atoms with Gasteiger partial charge in [0.05, 0.1) is 13.5 Å². The first-order chi connectivity index (χ1) is 18.1. The Morgan fingerprint density at radius 3 is 2.57 bits per heavy atom. The van der Waals surface area contributed by atoms with E-state index in [-0.39, 0.29) is 37.6 Å². The Morgan fingerprint density at radius 2 is 1.84 bits per heavy atom. The number of amides is 2. The van der Waals surface area contributed by atoms with E-state index in [2.05, 4.69) is 5.32 Å². The molecule has 37 heavy (non-hydrogen) atoms. The summed E-state index contributed by atoms with van der Waals surface area (Å²) in [6.45, 7) is 0.438. The number of hydrogen-bond donors (Lipinski definition) is 1. The highest BCUT2D eigenvalue weighted by atomic mass is 32.1. The molecule has 7 nitrogen and oxygen atoms in total. The van der Waals surface area contributed by atoms with Crippen LogP contribution in [0, 0.1) is 0 Å². The summed E-state index contributed by atoms with van der Waals surface area (Å²) >= 11 is 1.54. The van der Waals surface area contributed by atoms with E-state index in [9.17, 15) is 9.59 Å². The second-order valence-electron chi connectivity index (χ2n) is 9.48. The number of hydrogen-bond acceptors (Lipinski definition) is 6. The minimum absolute atomic E-state index is 0.111. The summed E-state index contributed by atoms with van der Waals surface area (Å²) in [5.41, 5.74) is 1.61. The van der Waals surface area contributed by atoms with Crippen LogP contribution in [0.3, 0.4) is 0 Å². The molecule has 0 spiro atoms. The fraction of sp³-hybridized carbons (Fsp3) is 0.379. The fourth-order valence-electron chi connectivity index (χ4n) is 5.01. The number of rotatable bonds is 9. The van der Waals surface area contributed by atoms with Gasteiger partial charge in [-0.2, -0.15) is 0 Å². The Labute approximate surface area is 221 Å². The fourth-order valence-corrected chi connectivity index (χ4v) is 5.71. The zero-order valence-corrected chi connectivity index (χ0v) is 21.8. The standard InChI is InChI=1S/C29H32N2O5S/c1-34-23-12-10-21(11-13-23)28(29(33)30-22-6-3-2-4-7-22)31(27(32)17-24-8-5-15-37-24)18-20-9-14-25-26(16-20)36-19-35-25/h5,8-16,22,28H,2-4,6-7,17-19H2,1H3,(H,30,33)/t28-/m0/s1. The number of thiophene rings is 1. The molecule has 2 aliphatic rings. The number of ether oxygens (including phenoxy) is 3. The van der Waals surface area contributed by atoms with Crippen LogP contribution in [0.5, 0.6) is 17.2 Å². The first kappa shape index (κ1) is 25.1. The summed E-state index contributed by atoms with van der Waals surface area (Å²) in [6, 6.07) is 16.3. The van der Waals surface area contributed by atoms with Crippen LogP contribution in [0.1, 0.15) is 54.1 Å². The van der Waals surface area contributed by atoms with Crippen LogP contribution in [-0.4, -0.2) is 36.7 Å². The molecule has 1 aliphatic heterocycles. The van der Waals surface area contributed by atoms with E-state index in [0.29, 0.717) is 17.2 Å². The van der Waals surface area contributed by atoms with Gasteiger partial charge >= 0.3 is 0 Å². The van der Waals surface area contributed by atoms with E-state index in [1.165, 1.54) is 17.8 Å². The Balaban J connectivity index is 1.49. The minimum atomic E-state index is -0.786. The molecule has 1 saturated carbocycles. The highest BCUT2D eigenvalue weighted by molar-refractivity contribution is 7.10. The van der Waals surface area contributed by atoms with Gasteiger partial charge in [0.25, 0.3) is 0 Å². The van der Waals surface area contributed by atoms with Crippen LogP contribution < -0.4 is 19.5 Å². The Kier molecular flexibility index (Phi) is 7.94. The minimum Gasteiger partial charge on any atom is -0.497 e. The van der Waals surface area contributed by atoms with Crippen LogP contribution in [0.25, 0.3) is 0 Å². The van der Waals surface area contributed by atoms with Crippen molar-refractivity contribution in [1.82, 2.24) is 10.2 Å². The van der Waals surface area contributed by atoms with Crippen molar-refractivity contribution in [3.63, 3.8) is 0 Å². The van der Waals surface area contributed by atoms with Gasteiger partial charge < -0.3 is 24.4 Å². The summed E-state index contributed by atoms with van der Waals surface area (Å²) in [6.07, 6.45) is 5.57. The Hall–Kier alpha value is -3.52. The van der Waals surface area contributed by atoms with Gasteiger partial charge in [-0.25, -0.2) is 0 Å². The molecule has 1 atom stereocenters. The SMILES string of the molecule is COc1ccc([C@@H](C(=O)NC2CCCCC2)N(Cc2ccc3c(c2)OCO3)C(=O)Cc2cccs2)cc1. The van der Waals surface area contributed by atoms with Crippen LogP contribution >= 0.6 is 11.3 Å². The normalized spacial score (nSPS) is 15.7.